The van der Waals surface area contributed by atoms with Crippen molar-refractivity contribution in [2.45, 2.75) is 58.9 Å². The Hall–Kier alpha value is -1.09. The molecule has 2 atom stereocenters. The number of nitrogens with zero attached hydrogens (tertiary/aromatic N) is 3. The Kier molecular flexibility index (Phi) is 4.44. The van der Waals surface area contributed by atoms with E-state index in [2.05, 4.69) is 55.8 Å². The zero-order chi connectivity index (χ0) is 15.7. The molecule has 1 aromatic rings. The van der Waals surface area contributed by atoms with Crippen LogP contribution in [0.4, 0.5) is 5.82 Å². The molecule has 3 heteroatoms. The van der Waals surface area contributed by atoms with Crippen LogP contribution in [0.3, 0.4) is 0 Å². The second kappa shape index (κ2) is 6.19. The van der Waals surface area contributed by atoms with Gasteiger partial charge in [-0.15, -0.1) is 0 Å². The van der Waals surface area contributed by atoms with E-state index < -0.39 is 0 Å². The molecule has 1 unspecified atom stereocenters. The van der Waals surface area contributed by atoms with Crippen LogP contribution in [0.15, 0.2) is 18.3 Å². The van der Waals surface area contributed by atoms with Gasteiger partial charge in [-0.05, 0) is 55.3 Å². The number of hydrogen-bond acceptors (Lipinski definition) is 3. The van der Waals surface area contributed by atoms with E-state index in [1.807, 2.05) is 0 Å². The van der Waals surface area contributed by atoms with Crippen LogP contribution in [-0.4, -0.2) is 42.1 Å². The molecule has 2 aliphatic rings. The lowest BCUT2D eigenvalue weighted by molar-refractivity contribution is 0.260. The molecule has 0 radical (unpaired) electrons. The van der Waals surface area contributed by atoms with Crippen molar-refractivity contribution in [2.75, 3.05) is 31.1 Å². The highest BCUT2D eigenvalue weighted by Gasteiger charge is 2.30. The maximum Gasteiger partial charge on any atom is 0.128 e. The number of anilines is 1. The van der Waals surface area contributed by atoms with Gasteiger partial charge in [-0.3, -0.25) is 4.90 Å². The first kappa shape index (κ1) is 15.8. The van der Waals surface area contributed by atoms with Gasteiger partial charge in [0, 0.05) is 25.3 Å². The number of pyridine rings is 1. The van der Waals surface area contributed by atoms with Crippen LogP contribution >= 0.6 is 0 Å². The third kappa shape index (κ3) is 3.29. The van der Waals surface area contributed by atoms with Crippen LogP contribution < -0.4 is 4.90 Å². The average molecular weight is 301 g/mol. The second-order valence-corrected chi connectivity index (χ2v) is 8.17. The van der Waals surface area contributed by atoms with E-state index in [0.29, 0.717) is 5.92 Å². The molecule has 3 rings (SSSR count). The minimum atomic E-state index is 0.289. The highest BCUT2D eigenvalue weighted by Crippen LogP contribution is 2.34. The van der Waals surface area contributed by atoms with Gasteiger partial charge in [0.1, 0.15) is 5.82 Å². The summed E-state index contributed by atoms with van der Waals surface area (Å²) in [6, 6.07) is 5.25. The molecular formula is C19H31N3. The van der Waals surface area contributed by atoms with Gasteiger partial charge in [0.2, 0.25) is 0 Å². The van der Waals surface area contributed by atoms with E-state index in [1.165, 1.54) is 37.9 Å². The fourth-order valence-corrected chi connectivity index (χ4v) is 3.70. The molecule has 0 amide bonds. The summed E-state index contributed by atoms with van der Waals surface area (Å²) in [6.07, 6.45) is 6.15. The first-order valence-corrected chi connectivity index (χ1v) is 8.90. The molecule has 1 aromatic heterocycles. The van der Waals surface area contributed by atoms with Gasteiger partial charge in [-0.1, -0.05) is 33.8 Å². The van der Waals surface area contributed by atoms with Crippen molar-refractivity contribution in [1.82, 2.24) is 9.88 Å². The molecule has 2 fully saturated rings. The van der Waals surface area contributed by atoms with Crippen molar-refractivity contribution in [1.29, 1.82) is 0 Å². The quantitative estimate of drug-likeness (QED) is 0.844. The Morgan fingerprint density at radius 3 is 2.45 bits per heavy atom. The average Bonchev–Trinajstić information content (AvgIpc) is 3.16. The van der Waals surface area contributed by atoms with Crippen LogP contribution in [0.25, 0.3) is 0 Å². The summed E-state index contributed by atoms with van der Waals surface area (Å²) in [5.41, 5.74) is 1.64. The molecule has 2 saturated heterocycles. The van der Waals surface area contributed by atoms with Gasteiger partial charge in [0.25, 0.3) is 0 Å². The lowest BCUT2D eigenvalue weighted by Crippen LogP contribution is -2.35. The highest BCUT2D eigenvalue weighted by molar-refractivity contribution is 5.41. The van der Waals surface area contributed by atoms with Gasteiger partial charge in [-0.2, -0.15) is 0 Å². The number of aromatic nitrogens is 1. The van der Waals surface area contributed by atoms with Gasteiger partial charge in [-0.25, -0.2) is 4.98 Å². The van der Waals surface area contributed by atoms with Crippen molar-refractivity contribution in [3.05, 3.63) is 23.9 Å². The monoisotopic (exact) mass is 301 g/mol. The van der Waals surface area contributed by atoms with Gasteiger partial charge < -0.3 is 4.90 Å². The zero-order valence-electron chi connectivity index (χ0n) is 14.7. The number of likely N-dealkylation sites (tertiary alicyclic amines) is 1. The second-order valence-electron chi connectivity index (χ2n) is 8.17. The molecule has 3 heterocycles. The highest BCUT2D eigenvalue weighted by atomic mass is 15.3. The molecule has 122 valence electrons. The Balaban J connectivity index is 1.64. The standard InChI is InChI=1S/C19H31N3/c1-15(19(2,3)4)16-7-8-18(20-13-16)22-12-9-17(14-22)21-10-5-6-11-21/h7-8,13,15,17H,5-6,9-12,14H2,1-4H3/t15-,17?/m1/s1. The Labute approximate surface area is 135 Å². The molecule has 0 aromatic carbocycles. The summed E-state index contributed by atoms with van der Waals surface area (Å²) < 4.78 is 0. The van der Waals surface area contributed by atoms with E-state index in [-0.39, 0.29) is 5.41 Å². The summed E-state index contributed by atoms with van der Waals surface area (Å²) in [5, 5.41) is 0. The van der Waals surface area contributed by atoms with Crippen molar-refractivity contribution in [3.8, 4) is 0 Å². The van der Waals surface area contributed by atoms with Crippen LogP contribution in [0, 0.1) is 5.41 Å². The predicted octanol–water partition coefficient (Wildman–Crippen LogP) is 3.91. The maximum atomic E-state index is 4.76. The van der Waals surface area contributed by atoms with Crippen LogP contribution in [0.2, 0.25) is 0 Å². The molecule has 22 heavy (non-hydrogen) atoms. The summed E-state index contributed by atoms with van der Waals surface area (Å²) in [7, 11) is 0. The van der Waals surface area contributed by atoms with Crippen molar-refractivity contribution in [2.24, 2.45) is 5.41 Å². The molecule has 0 N–H and O–H groups in total. The third-order valence-corrected chi connectivity index (χ3v) is 5.71. The molecule has 0 spiro atoms. The normalized spacial score (nSPS) is 24.9. The SMILES string of the molecule is C[C@H](c1ccc(N2CCC(N3CCCC3)C2)nc1)C(C)(C)C. The van der Waals surface area contributed by atoms with Crippen molar-refractivity contribution in [3.63, 3.8) is 0 Å². The number of rotatable bonds is 3. The first-order valence-electron chi connectivity index (χ1n) is 8.90. The van der Waals surface area contributed by atoms with E-state index >= 15 is 0 Å². The van der Waals surface area contributed by atoms with Gasteiger partial charge in [0.15, 0.2) is 0 Å². The summed E-state index contributed by atoms with van der Waals surface area (Å²) in [5.74, 6) is 1.69. The smallest absolute Gasteiger partial charge is 0.128 e. The first-order chi connectivity index (χ1) is 10.4. The fourth-order valence-electron chi connectivity index (χ4n) is 3.70. The van der Waals surface area contributed by atoms with E-state index in [4.69, 9.17) is 4.98 Å². The lowest BCUT2D eigenvalue weighted by Gasteiger charge is -2.28. The summed E-state index contributed by atoms with van der Waals surface area (Å²) in [6.45, 7) is 14.1. The van der Waals surface area contributed by atoms with Gasteiger partial charge in [0.05, 0.1) is 0 Å². The van der Waals surface area contributed by atoms with E-state index in [0.717, 1.165) is 24.9 Å². The Bertz CT molecular complexity index is 482. The van der Waals surface area contributed by atoms with E-state index in [9.17, 15) is 0 Å². The van der Waals surface area contributed by atoms with Crippen LogP contribution in [0.1, 0.15) is 58.4 Å². The topological polar surface area (TPSA) is 19.4 Å². The largest absolute Gasteiger partial charge is 0.355 e. The third-order valence-electron chi connectivity index (χ3n) is 5.71. The Morgan fingerprint density at radius 1 is 1.14 bits per heavy atom. The van der Waals surface area contributed by atoms with Crippen molar-refractivity contribution < 1.29 is 0 Å². The van der Waals surface area contributed by atoms with Gasteiger partial charge >= 0.3 is 0 Å². The fraction of sp³-hybridized carbons (Fsp3) is 0.737. The predicted molar refractivity (Wildman–Crippen MR) is 93.5 cm³/mol. The molecule has 0 bridgehead atoms. The molecular weight excluding hydrogens is 270 g/mol. The number of hydrogen-bond donors (Lipinski definition) is 0. The lowest BCUT2D eigenvalue weighted by atomic mass is 9.78. The maximum absolute atomic E-state index is 4.76. The van der Waals surface area contributed by atoms with Crippen molar-refractivity contribution >= 4 is 5.82 Å². The Morgan fingerprint density at radius 2 is 1.86 bits per heavy atom. The van der Waals surface area contributed by atoms with E-state index in [1.54, 1.807) is 0 Å². The molecule has 3 nitrogen and oxygen atoms in total. The minimum Gasteiger partial charge on any atom is -0.355 e. The molecule has 0 aliphatic carbocycles. The summed E-state index contributed by atoms with van der Waals surface area (Å²) >= 11 is 0. The zero-order valence-corrected chi connectivity index (χ0v) is 14.7. The summed E-state index contributed by atoms with van der Waals surface area (Å²) in [4.78, 5) is 9.91. The molecule has 2 aliphatic heterocycles. The van der Waals surface area contributed by atoms with Crippen LogP contribution in [-0.2, 0) is 0 Å². The van der Waals surface area contributed by atoms with Crippen LogP contribution in [0.5, 0.6) is 0 Å². The molecule has 0 saturated carbocycles. The minimum absolute atomic E-state index is 0.289.